The molecule has 0 saturated heterocycles. The van der Waals surface area contributed by atoms with Gasteiger partial charge in [0, 0.05) is 10.3 Å². The van der Waals surface area contributed by atoms with Crippen LogP contribution in [0.4, 0.5) is 0 Å². The van der Waals surface area contributed by atoms with Crippen LogP contribution in [0.2, 0.25) is 0 Å². The van der Waals surface area contributed by atoms with Crippen LogP contribution in [0, 0.1) is 18.3 Å². The molecule has 0 N–H and O–H groups in total. The van der Waals surface area contributed by atoms with Gasteiger partial charge in [0.1, 0.15) is 5.60 Å². The maximum absolute atomic E-state index is 5.94. The van der Waals surface area contributed by atoms with E-state index in [2.05, 4.69) is 35.1 Å². The molecule has 0 aromatic rings. The van der Waals surface area contributed by atoms with E-state index in [1.165, 1.54) is 19.3 Å². The van der Waals surface area contributed by atoms with Crippen molar-refractivity contribution in [3.63, 3.8) is 0 Å². The van der Waals surface area contributed by atoms with Gasteiger partial charge >= 0.3 is 0 Å². The van der Waals surface area contributed by atoms with Crippen LogP contribution in [-0.2, 0) is 4.74 Å². The third kappa shape index (κ3) is 3.22. The number of halogens is 1. The van der Waals surface area contributed by atoms with Crippen molar-refractivity contribution in [1.29, 1.82) is 0 Å². The maximum atomic E-state index is 5.94. The van der Waals surface area contributed by atoms with Gasteiger partial charge in [-0.3, -0.25) is 0 Å². The molecule has 1 aliphatic rings. The normalized spacial score (nSPS) is 30.8. The van der Waals surface area contributed by atoms with E-state index in [0.717, 1.165) is 23.9 Å². The molecule has 0 bridgehead atoms. The van der Waals surface area contributed by atoms with Crippen LogP contribution in [-0.4, -0.2) is 16.6 Å². The van der Waals surface area contributed by atoms with Gasteiger partial charge in [-0.05, 0) is 25.7 Å². The molecule has 1 nitrogen and oxygen atoms in total. The molecule has 2 heteroatoms. The van der Waals surface area contributed by atoms with E-state index in [-0.39, 0.29) is 5.60 Å². The molecule has 1 aliphatic carbocycles. The van der Waals surface area contributed by atoms with Crippen molar-refractivity contribution in [2.45, 2.75) is 37.7 Å². The SMILES string of the molecule is C#C[C@@]1(OCCI)CCCC[C@H]1CC=C. The predicted octanol–water partition coefficient (Wildman–Crippen LogP) is 3.58. The number of hydrogen-bond acceptors (Lipinski definition) is 1. The Balaban J connectivity index is 2.71. The first kappa shape index (κ1) is 13.1. The number of alkyl halides is 1. The Morgan fingerprint density at radius 1 is 1.60 bits per heavy atom. The molecular weight excluding hydrogens is 299 g/mol. The summed E-state index contributed by atoms with van der Waals surface area (Å²) in [5, 5.41) is 0. The van der Waals surface area contributed by atoms with E-state index in [9.17, 15) is 0 Å². The largest absolute Gasteiger partial charge is 0.361 e. The fraction of sp³-hybridized carbons (Fsp3) is 0.692. The second-order valence-electron chi connectivity index (χ2n) is 4.04. The molecule has 1 saturated carbocycles. The molecule has 0 heterocycles. The lowest BCUT2D eigenvalue weighted by Gasteiger charge is -2.39. The van der Waals surface area contributed by atoms with Crippen molar-refractivity contribution in [3.8, 4) is 12.3 Å². The van der Waals surface area contributed by atoms with Crippen molar-refractivity contribution >= 4 is 22.6 Å². The number of ether oxygens (including phenoxy) is 1. The average molecular weight is 318 g/mol. The Hall–Kier alpha value is -0.0100. The number of terminal acetylenes is 1. The molecule has 0 radical (unpaired) electrons. The average Bonchev–Trinajstić information content (AvgIpc) is 2.29. The Bertz CT molecular complexity index is 243. The van der Waals surface area contributed by atoms with Crippen molar-refractivity contribution in [1.82, 2.24) is 0 Å². The highest BCUT2D eigenvalue weighted by Gasteiger charge is 2.39. The highest BCUT2D eigenvalue weighted by atomic mass is 127. The van der Waals surface area contributed by atoms with E-state index >= 15 is 0 Å². The minimum absolute atomic E-state index is 0.308. The number of rotatable bonds is 5. The molecule has 15 heavy (non-hydrogen) atoms. The standard InChI is InChI=1S/C13H19IO/c1-3-7-12-8-5-6-9-13(12,4-2)15-11-10-14/h2-3,12H,1,5-11H2/t12-,13-/m1/s1. The molecule has 84 valence electrons. The summed E-state index contributed by atoms with van der Waals surface area (Å²) in [6.07, 6.45) is 13.3. The molecule has 0 amide bonds. The van der Waals surface area contributed by atoms with Crippen LogP contribution in [0.5, 0.6) is 0 Å². The van der Waals surface area contributed by atoms with E-state index in [1.54, 1.807) is 0 Å². The Kier molecular flexibility index (Phi) is 5.70. The number of allylic oxidation sites excluding steroid dienone is 1. The zero-order chi connectivity index (χ0) is 11.1. The summed E-state index contributed by atoms with van der Waals surface area (Å²) >= 11 is 2.32. The number of hydrogen-bond donors (Lipinski definition) is 0. The van der Waals surface area contributed by atoms with E-state index in [0.29, 0.717) is 5.92 Å². The lowest BCUT2D eigenvalue weighted by atomic mass is 9.74. The van der Waals surface area contributed by atoms with Gasteiger partial charge in [-0.25, -0.2) is 0 Å². The second kappa shape index (κ2) is 6.55. The fourth-order valence-electron chi connectivity index (χ4n) is 2.37. The first-order valence-corrected chi connectivity index (χ1v) is 7.10. The van der Waals surface area contributed by atoms with Crippen LogP contribution in [0.15, 0.2) is 12.7 Å². The molecule has 0 spiro atoms. The van der Waals surface area contributed by atoms with Gasteiger partial charge in [0.15, 0.2) is 0 Å². The lowest BCUT2D eigenvalue weighted by Crippen LogP contribution is -2.42. The van der Waals surface area contributed by atoms with Crippen LogP contribution in [0.3, 0.4) is 0 Å². The summed E-state index contributed by atoms with van der Waals surface area (Å²) in [4.78, 5) is 0. The molecule has 0 unspecified atom stereocenters. The van der Waals surface area contributed by atoms with Crippen LogP contribution in [0.25, 0.3) is 0 Å². The molecule has 0 aromatic carbocycles. The van der Waals surface area contributed by atoms with E-state index < -0.39 is 0 Å². The molecule has 0 aliphatic heterocycles. The molecule has 1 fully saturated rings. The fourth-order valence-corrected chi connectivity index (χ4v) is 2.59. The molecule has 1 rings (SSSR count). The van der Waals surface area contributed by atoms with Gasteiger partial charge in [-0.2, -0.15) is 0 Å². The minimum Gasteiger partial charge on any atom is -0.361 e. The minimum atomic E-state index is -0.308. The van der Waals surface area contributed by atoms with Gasteiger partial charge in [0.05, 0.1) is 6.61 Å². The van der Waals surface area contributed by atoms with Gasteiger partial charge in [0.25, 0.3) is 0 Å². The Morgan fingerprint density at radius 2 is 2.40 bits per heavy atom. The first-order chi connectivity index (χ1) is 7.29. The highest BCUT2D eigenvalue weighted by Crippen LogP contribution is 2.38. The van der Waals surface area contributed by atoms with Gasteiger partial charge < -0.3 is 4.74 Å². The highest BCUT2D eigenvalue weighted by molar-refractivity contribution is 14.1. The summed E-state index contributed by atoms with van der Waals surface area (Å²) in [7, 11) is 0. The summed E-state index contributed by atoms with van der Waals surface area (Å²) in [6, 6.07) is 0. The Morgan fingerprint density at radius 3 is 3.00 bits per heavy atom. The molecule has 0 aromatic heterocycles. The molecular formula is C13H19IO. The summed E-state index contributed by atoms with van der Waals surface area (Å²) in [5.41, 5.74) is -0.308. The monoisotopic (exact) mass is 318 g/mol. The van der Waals surface area contributed by atoms with Crippen LogP contribution >= 0.6 is 22.6 Å². The topological polar surface area (TPSA) is 9.23 Å². The van der Waals surface area contributed by atoms with E-state index in [1.807, 2.05) is 6.08 Å². The Labute approximate surface area is 107 Å². The van der Waals surface area contributed by atoms with Gasteiger partial charge in [-0.1, -0.05) is 41.0 Å². The van der Waals surface area contributed by atoms with Crippen molar-refractivity contribution < 1.29 is 4.74 Å². The van der Waals surface area contributed by atoms with Gasteiger partial charge in [0.2, 0.25) is 0 Å². The lowest BCUT2D eigenvalue weighted by molar-refractivity contribution is -0.0572. The smallest absolute Gasteiger partial charge is 0.131 e. The predicted molar refractivity (Wildman–Crippen MR) is 73.2 cm³/mol. The molecule has 2 atom stereocenters. The summed E-state index contributed by atoms with van der Waals surface area (Å²) in [5.74, 6) is 3.38. The second-order valence-corrected chi connectivity index (χ2v) is 5.12. The quantitative estimate of drug-likeness (QED) is 0.326. The summed E-state index contributed by atoms with van der Waals surface area (Å²) in [6.45, 7) is 4.57. The first-order valence-electron chi connectivity index (χ1n) is 5.57. The van der Waals surface area contributed by atoms with Crippen molar-refractivity contribution in [2.75, 3.05) is 11.0 Å². The third-order valence-electron chi connectivity index (χ3n) is 3.14. The summed E-state index contributed by atoms with van der Waals surface area (Å²) < 4.78 is 6.94. The van der Waals surface area contributed by atoms with Crippen LogP contribution in [0.1, 0.15) is 32.1 Å². The zero-order valence-corrected chi connectivity index (χ0v) is 11.3. The third-order valence-corrected chi connectivity index (χ3v) is 3.58. The van der Waals surface area contributed by atoms with Gasteiger partial charge in [-0.15, -0.1) is 13.0 Å². The van der Waals surface area contributed by atoms with Crippen LogP contribution < -0.4 is 0 Å². The van der Waals surface area contributed by atoms with Crippen molar-refractivity contribution in [3.05, 3.63) is 12.7 Å². The maximum Gasteiger partial charge on any atom is 0.131 e. The van der Waals surface area contributed by atoms with E-state index in [4.69, 9.17) is 11.2 Å². The van der Waals surface area contributed by atoms with Crippen molar-refractivity contribution in [2.24, 2.45) is 5.92 Å². The zero-order valence-electron chi connectivity index (χ0n) is 9.18.